The summed E-state index contributed by atoms with van der Waals surface area (Å²) >= 11 is 0. The fourth-order valence-corrected chi connectivity index (χ4v) is 6.13. The molecule has 0 spiro atoms. The molecule has 1 N–H and O–H groups in total. The number of rotatable bonds is 4. The highest BCUT2D eigenvalue weighted by molar-refractivity contribution is 5.76. The van der Waals surface area contributed by atoms with Crippen LogP contribution in [0.1, 0.15) is 51.0 Å². The van der Waals surface area contributed by atoms with Gasteiger partial charge >= 0.3 is 6.18 Å². The van der Waals surface area contributed by atoms with E-state index in [0.717, 1.165) is 59.9 Å². The van der Waals surface area contributed by atoms with Crippen LogP contribution in [0, 0.1) is 23.2 Å². The van der Waals surface area contributed by atoms with E-state index in [4.69, 9.17) is 0 Å². The molecule has 1 aromatic rings. The van der Waals surface area contributed by atoms with Gasteiger partial charge in [-0.3, -0.25) is 9.59 Å². The number of hydrogen-bond donors (Lipinski definition) is 1. The van der Waals surface area contributed by atoms with E-state index >= 15 is 0 Å². The molecular weight excluding hydrogens is 357 g/mol. The largest absolute Gasteiger partial charge is 0.417 e. The molecule has 1 atom stereocenters. The van der Waals surface area contributed by atoms with Gasteiger partial charge < -0.3 is 9.88 Å². The lowest BCUT2D eigenvalue weighted by atomic mass is 9.48. The fourth-order valence-electron chi connectivity index (χ4n) is 6.13. The topological polar surface area (TPSA) is 51.1 Å². The van der Waals surface area contributed by atoms with Gasteiger partial charge in [-0.1, -0.05) is 0 Å². The lowest BCUT2D eigenvalue weighted by Crippen LogP contribution is -2.56. The highest BCUT2D eigenvalue weighted by Crippen LogP contribution is 2.61. The number of nitrogens with one attached hydrogen (secondary N) is 1. The maximum Gasteiger partial charge on any atom is 0.417 e. The Labute approximate surface area is 156 Å². The molecule has 27 heavy (non-hydrogen) atoms. The third-order valence-electron chi connectivity index (χ3n) is 7.01. The highest BCUT2D eigenvalue weighted by atomic mass is 19.4. The van der Waals surface area contributed by atoms with E-state index in [9.17, 15) is 22.8 Å². The quantitative estimate of drug-likeness (QED) is 0.865. The summed E-state index contributed by atoms with van der Waals surface area (Å²) in [5.74, 6) is 1.85. The van der Waals surface area contributed by atoms with E-state index in [1.54, 1.807) is 0 Å². The van der Waals surface area contributed by atoms with Crippen molar-refractivity contribution >= 4 is 5.91 Å². The summed E-state index contributed by atoms with van der Waals surface area (Å²) in [4.78, 5) is 24.3. The SMILES string of the molecule is CC(NC(=O)Cn1cc(C(F)(F)F)ccc1=O)C12CC3CC(CC(C3)C1)C2. The summed E-state index contributed by atoms with van der Waals surface area (Å²) in [5, 5.41) is 2.99. The number of alkyl halides is 3. The van der Waals surface area contributed by atoms with Gasteiger partial charge in [0, 0.05) is 18.3 Å². The Morgan fingerprint density at radius 1 is 1.19 bits per heavy atom. The van der Waals surface area contributed by atoms with E-state index in [-0.39, 0.29) is 18.0 Å². The zero-order chi connectivity index (χ0) is 19.4. The monoisotopic (exact) mass is 382 g/mol. The molecule has 4 fully saturated rings. The van der Waals surface area contributed by atoms with Crippen LogP contribution < -0.4 is 10.9 Å². The van der Waals surface area contributed by atoms with Gasteiger partial charge in [0.25, 0.3) is 5.56 Å². The summed E-state index contributed by atoms with van der Waals surface area (Å²) in [5.41, 5.74) is -1.42. The fraction of sp³-hybridized carbons (Fsp3) is 0.700. The van der Waals surface area contributed by atoms with E-state index in [0.29, 0.717) is 0 Å². The van der Waals surface area contributed by atoms with Gasteiger partial charge in [0.15, 0.2) is 0 Å². The molecule has 0 aromatic carbocycles. The molecule has 5 rings (SSSR count). The lowest BCUT2D eigenvalue weighted by Gasteiger charge is -2.59. The van der Waals surface area contributed by atoms with Crippen LogP contribution >= 0.6 is 0 Å². The smallest absolute Gasteiger partial charge is 0.352 e. The number of aromatic nitrogens is 1. The van der Waals surface area contributed by atoms with Crippen molar-refractivity contribution in [1.82, 2.24) is 9.88 Å². The molecule has 4 saturated carbocycles. The Bertz CT molecular complexity index is 764. The van der Waals surface area contributed by atoms with Gasteiger partial charge in [0.05, 0.1) is 5.56 Å². The van der Waals surface area contributed by atoms with Crippen LogP contribution in [0.4, 0.5) is 13.2 Å². The first kappa shape index (κ1) is 18.6. The number of halogens is 3. The number of nitrogens with zero attached hydrogens (tertiary/aromatic N) is 1. The summed E-state index contributed by atoms with van der Waals surface area (Å²) in [7, 11) is 0. The van der Waals surface area contributed by atoms with Crippen molar-refractivity contribution < 1.29 is 18.0 Å². The number of pyridine rings is 1. The summed E-state index contributed by atoms with van der Waals surface area (Å²) < 4.78 is 39.4. The predicted molar refractivity (Wildman–Crippen MR) is 93.9 cm³/mol. The second-order valence-electron chi connectivity index (χ2n) is 8.95. The Kier molecular flexibility index (Phi) is 4.39. The number of carbonyl (C=O) groups is 1. The van der Waals surface area contributed by atoms with E-state index in [1.165, 1.54) is 19.3 Å². The molecule has 0 aliphatic heterocycles. The average Bonchev–Trinajstić information content (AvgIpc) is 2.54. The second-order valence-corrected chi connectivity index (χ2v) is 8.95. The summed E-state index contributed by atoms with van der Waals surface area (Å²) in [6.07, 6.45) is 3.48. The van der Waals surface area contributed by atoms with Gasteiger partial charge in [-0.25, -0.2) is 0 Å². The van der Waals surface area contributed by atoms with E-state index in [2.05, 4.69) is 5.32 Å². The highest BCUT2D eigenvalue weighted by Gasteiger charge is 2.53. The molecule has 0 saturated heterocycles. The number of amides is 1. The van der Waals surface area contributed by atoms with Crippen molar-refractivity contribution in [3.8, 4) is 0 Å². The third kappa shape index (κ3) is 3.52. The Morgan fingerprint density at radius 3 is 2.26 bits per heavy atom. The molecule has 0 radical (unpaired) electrons. The first-order valence-corrected chi connectivity index (χ1v) is 9.72. The number of carbonyl (C=O) groups excluding carboxylic acids is 1. The second kappa shape index (κ2) is 6.38. The molecular formula is C20H25F3N2O2. The van der Waals surface area contributed by atoms with E-state index in [1.807, 2.05) is 6.92 Å². The van der Waals surface area contributed by atoms with Crippen LogP contribution in [0.15, 0.2) is 23.1 Å². The van der Waals surface area contributed by atoms with Crippen molar-refractivity contribution in [1.29, 1.82) is 0 Å². The van der Waals surface area contributed by atoms with Gasteiger partial charge in [-0.15, -0.1) is 0 Å². The average molecular weight is 382 g/mol. The third-order valence-corrected chi connectivity index (χ3v) is 7.01. The molecule has 1 aromatic heterocycles. The van der Waals surface area contributed by atoms with Crippen LogP contribution in [0.3, 0.4) is 0 Å². The predicted octanol–water partition coefficient (Wildman–Crippen LogP) is 3.59. The molecule has 4 aliphatic carbocycles. The Balaban J connectivity index is 1.45. The molecule has 148 valence electrons. The minimum Gasteiger partial charge on any atom is -0.352 e. The number of hydrogen-bond acceptors (Lipinski definition) is 2. The van der Waals surface area contributed by atoms with Gasteiger partial charge in [0.2, 0.25) is 5.91 Å². The van der Waals surface area contributed by atoms with Crippen molar-refractivity contribution in [2.75, 3.05) is 0 Å². The Morgan fingerprint density at radius 2 is 1.74 bits per heavy atom. The van der Waals surface area contributed by atoms with Gasteiger partial charge in [-0.2, -0.15) is 13.2 Å². The summed E-state index contributed by atoms with van der Waals surface area (Å²) in [6.45, 7) is 1.62. The minimum atomic E-state index is -4.54. The van der Waals surface area contributed by atoms with Gasteiger partial charge in [-0.05, 0) is 74.7 Å². The van der Waals surface area contributed by atoms with E-state index < -0.39 is 23.2 Å². The molecule has 1 heterocycles. The maximum absolute atomic E-state index is 12.9. The molecule has 1 amide bonds. The normalized spacial score (nSPS) is 33.1. The van der Waals surface area contributed by atoms with Crippen LogP contribution in [0.2, 0.25) is 0 Å². The Hall–Kier alpha value is -1.79. The van der Waals surface area contributed by atoms with Crippen molar-refractivity contribution in [2.24, 2.45) is 23.2 Å². The van der Waals surface area contributed by atoms with Crippen LogP contribution in [0.5, 0.6) is 0 Å². The zero-order valence-electron chi connectivity index (χ0n) is 15.4. The van der Waals surface area contributed by atoms with Gasteiger partial charge in [0.1, 0.15) is 6.54 Å². The van der Waals surface area contributed by atoms with Crippen LogP contribution in [0.25, 0.3) is 0 Å². The standard InChI is InChI=1S/C20H25F3N2O2/c1-12(19-7-13-4-14(8-19)6-15(5-13)9-19)24-17(26)11-25-10-16(20(21,22)23)2-3-18(25)27/h2-3,10,12-15H,4-9,11H2,1H3,(H,24,26). The molecule has 1 unspecified atom stereocenters. The maximum atomic E-state index is 12.9. The van der Waals surface area contributed by atoms with Crippen LogP contribution in [-0.4, -0.2) is 16.5 Å². The molecule has 4 aliphatic rings. The first-order valence-electron chi connectivity index (χ1n) is 9.72. The lowest BCUT2D eigenvalue weighted by molar-refractivity contribution is -0.138. The van der Waals surface area contributed by atoms with Crippen molar-refractivity contribution in [3.63, 3.8) is 0 Å². The molecule has 4 nitrogen and oxygen atoms in total. The van der Waals surface area contributed by atoms with Crippen LogP contribution in [-0.2, 0) is 17.5 Å². The minimum absolute atomic E-state index is 0.0279. The first-order chi connectivity index (χ1) is 12.6. The molecule has 4 bridgehead atoms. The van der Waals surface area contributed by atoms with Crippen molar-refractivity contribution in [3.05, 3.63) is 34.2 Å². The molecule has 7 heteroatoms. The summed E-state index contributed by atoms with van der Waals surface area (Å²) in [6, 6.07) is 1.58. The van der Waals surface area contributed by atoms with Crippen molar-refractivity contribution in [2.45, 2.75) is 64.2 Å². The zero-order valence-corrected chi connectivity index (χ0v) is 15.4.